The van der Waals surface area contributed by atoms with Crippen LogP contribution in [0.2, 0.25) is 0 Å². The van der Waals surface area contributed by atoms with Crippen molar-refractivity contribution in [1.82, 2.24) is 19.5 Å². The molecule has 4 aromatic rings. The van der Waals surface area contributed by atoms with E-state index in [2.05, 4.69) is 42.6 Å². The van der Waals surface area contributed by atoms with Gasteiger partial charge in [-0.2, -0.15) is 5.10 Å². The molecule has 0 saturated heterocycles. The largest absolute Gasteiger partial charge is 0.465 e. The number of esters is 1. The summed E-state index contributed by atoms with van der Waals surface area (Å²) < 4.78 is 21.8. The Morgan fingerprint density at radius 2 is 1.70 bits per heavy atom. The predicted molar refractivity (Wildman–Crippen MR) is 151 cm³/mol. The minimum Gasteiger partial charge on any atom is -0.465 e. The van der Waals surface area contributed by atoms with Crippen LogP contribution >= 0.6 is 0 Å². The number of carbonyl (C=O) groups is 3. The van der Waals surface area contributed by atoms with Crippen molar-refractivity contribution in [2.75, 3.05) is 12.4 Å². The van der Waals surface area contributed by atoms with Crippen molar-refractivity contribution in [2.24, 2.45) is 7.05 Å². The highest BCUT2D eigenvalue weighted by molar-refractivity contribution is 7.99. The average molecular weight is 556 g/mol. The van der Waals surface area contributed by atoms with Crippen LogP contribution in [0.5, 0.6) is 0 Å². The van der Waals surface area contributed by atoms with E-state index in [1.165, 1.54) is 54.5 Å². The molecular formula is C29H25N5O5S. The van der Waals surface area contributed by atoms with Gasteiger partial charge in [0.05, 0.1) is 38.5 Å². The molecule has 2 N–H and O–H groups in total. The van der Waals surface area contributed by atoms with Gasteiger partial charge in [-0.3, -0.25) is 24.0 Å². The van der Waals surface area contributed by atoms with Gasteiger partial charge in [-0.1, -0.05) is 24.0 Å². The van der Waals surface area contributed by atoms with Crippen LogP contribution in [0.15, 0.2) is 78.0 Å². The minimum absolute atomic E-state index is 0.125. The molecule has 1 atom stereocenters. The van der Waals surface area contributed by atoms with Gasteiger partial charge in [0.25, 0.3) is 11.8 Å². The maximum Gasteiger partial charge on any atom is 0.337 e. The van der Waals surface area contributed by atoms with Gasteiger partial charge in [-0.05, 0) is 61.3 Å². The zero-order valence-corrected chi connectivity index (χ0v) is 22.7. The predicted octanol–water partition coefficient (Wildman–Crippen LogP) is 2.98. The van der Waals surface area contributed by atoms with Crippen LogP contribution in [0.25, 0.3) is 0 Å². The molecule has 202 valence electrons. The first-order valence-electron chi connectivity index (χ1n) is 11.8. The van der Waals surface area contributed by atoms with Crippen LogP contribution in [0, 0.1) is 18.8 Å². The van der Waals surface area contributed by atoms with E-state index in [0.717, 1.165) is 5.69 Å². The molecule has 0 spiro atoms. The van der Waals surface area contributed by atoms with Crippen LogP contribution in [0.3, 0.4) is 0 Å². The molecule has 11 heteroatoms. The van der Waals surface area contributed by atoms with E-state index < -0.39 is 21.6 Å². The molecule has 2 aromatic heterocycles. The number of nitrogens with one attached hydrogen (secondary N) is 2. The number of aryl methyl sites for hydroxylation is 2. The Morgan fingerprint density at radius 1 is 0.950 bits per heavy atom. The Labute approximate surface area is 231 Å². The summed E-state index contributed by atoms with van der Waals surface area (Å²) in [4.78, 5) is 41.5. The number of anilines is 1. The van der Waals surface area contributed by atoms with Crippen molar-refractivity contribution >= 4 is 39.0 Å². The van der Waals surface area contributed by atoms with Crippen molar-refractivity contribution in [2.45, 2.75) is 11.8 Å². The third-order valence-corrected chi connectivity index (χ3v) is 7.13. The van der Waals surface area contributed by atoms with E-state index >= 15 is 0 Å². The topological polar surface area (TPSA) is 132 Å². The fourth-order valence-corrected chi connectivity index (χ4v) is 4.83. The lowest BCUT2D eigenvalue weighted by Gasteiger charge is -2.12. The zero-order valence-electron chi connectivity index (χ0n) is 21.9. The SMILES string of the molecule is C=S(=O)(NC(=O)c1cncc(C#Cc2cccc(NC(=O)c3cc(C)nn3C)c2)c1)c1cccc(C(=O)OC)c1. The molecule has 0 saturated carbocycles. The molecule has 2 aromatic carbocycles. The molecule has 0 aliphatic heterocycles. The summed E-state index contributed by atoms with van der Waals surface area (Å²) in [5, 5.41) is 7.02. The third kappa shape index (κ3) is 6.61. The molecule has 4 rings (SSSR count). The highest BCUT2D eigenvalue weighted by Gasteiger charge is 2.16. The van der Waals surface area contributed by atoms with Crippen LogP contribution in [0.4, 0.5) is 5.69 Å². The van der Waals surface area contributed by atoms with Crippen molar-refractivity contribution < 1.29 is 23.3 Å². The summed E-state index contributed by atoms with van der Waals surface area (Å²) in [6.45, 7) is 1.81. The first kappa shape index (κ1) is 27.8. The van der Waals surface area contributed by atoms with E-state index in [-0.39, 0.29) is 21.9 Å². The normalized spacial score (nSPS) is 11.9. The second-order valence-corrected chi connectivity index (χ2v) is 10.7. The molecule has 0 fully saturated rings. The summed E-state index contributed by atoms with van der Waals surface area (Å²) in [6, 6.07) is 16.1. The number of nitrogens with zero attached hydrogens (tertiary/aromatic N) is 3. The number of benzene rings is 2. The van der Waals surface area contributed by atoms with Crippen molar-refractivity contribution in [3.05, 3.63) is 107 Å². The number of ether oxygens (including phenoxy) is 1. The fraction of sp³-hybridized carbons (Fsp3) is 0.103. The van der Waals surface area contributed by atoms with Gasteiger partial charge in [0.15, 0.2) is 0 Å². The average Bonchev–Trinajstić information content (AvgIpc) is 3.29. The number of methoxy groups -OCH3 is 1. The number of pyridine rings is 1. The van der Waals surface area contributed by atoms with Crippen LogP contribution in [0.1, 0.15) is 48.0 Å². The van der Waals surface area contributed by atoms with Gasteiger partial charge < -0.3 is 10.1 Å². The van der Waals surface area contributed by atoms with Gasteiger partial charge >= 0.3 is 5.97 Å². The van der Waals surface area contributed by atoms with E-state index in [1.54, 1.807) is 37.4 Å². The maximum absolute atomic E-state index is 13.2. The van der Waals surface area contributed by atoms with E-state index in [9.17, 15) is 18.6 Å². The maximum atomic E-state index is 13.2. The van der Waals surface area contributed by atoms with Gasteiger partial charge in [0.2, 0.25) is 0 Å². The number of amides is 2. The van der Waals surface area contributed by atoms with Crippen molar-refractivity contribution in [3.63, 3.8) is 0 Å². The highest BCUT2D eigenvalue weighted by atomic mass is 32.2. The van der Waals surface area contributed by atoms with Gasteiger partial charge in [-0.25, -0.2) is 9.00 Å². The van der Waals surface area contributed by atoms with E-state index in [1.807, 2.05) is 6.92 Å². The van der Waals surface area contributed by atoms with Gasteiger partial charge in [0.1, 0.15) is 5.69 Å². The first-order valence-corrected chi connectivity index (χ1v) is 13.6. The van der Waals surface area contributed by atoms with Crippen LogP contribution < -0.4 is 10.0 Å². The molecule has 0 bridgehead atoms. The lowest BCUT2D eigenvalue weighted by Crippen LogP contribution is -2.30. The van der Waals surface area contributed by atoms with Crippen molar-refractivity contribution in [1.29, 1.82) is 0 Å². The molecule has 0 radical (unpaired) electrons. The Morgan fingerprint density at radius 3 is 2.42 bits per heavy atom. The van der Waals surface area contributed by atoms with E-state index in [4.69, 9.17) is 0 Å². The lowest BCUT2D eigenvalue weighted by atomic mass is 10.1. The van der Waals surface area contributed by atoms with Crippen molar-refractivity contribution in [3.8, 4) is 11.8 Å². The number of carbonyl (C=O) groups excluding carboxylic acids is 3. The Balaban J connectivity index is 1.48. The standard InChI is InChI=1S/C29H25N5O5S/c1-19-13-26(34(2)32-19)28(36)31-24-9-5-7-20(15-24)11-12-21-14-23(18-30-17-21)27(35)33-40(4,38)25-10-6-8-22(16-25)29(37)39-3/h5-10,13-18H,4H2,1-3H3,(H,31,36)(H,33,35,38). The molecule has 40 heavy (non-hydrogen) atoms. The molecule has 0 aliphatic carbocycles. The van der Waals surface area contributed by atoms with Gasteiger partial charge in [0, 0.05) is 36.3 Å². The Kier molecular flexibility index (Phi) is 8.12. The van der Waals surface area contributed by atoms with E-state index in [0.29, 0.717) is 22.5 Å². The number of hydrogen-bond acceptors (Lipinski definition) is 7. The number of aromatic nitrogens is 3. The summed E-state index contributed by atoms with van der Waals surface area (Å²) in [5.41, 5.74) is 3.10. The minimum atomic E-state index is -3.29. The fourth-order valence-electron chi connectivity index (χ4n) is 3.68. The van der Waals surface area contributed by atoms with Crippen LogP contribution in [-0.2, 0) is 21.5 Å². The highest BCUT2D eigenvalue weighted by Crippen LogP contribution is 2.15. The number of hydrogen-bond donors (Lipinski definition) is 2. The molecule has 1 unspecified atom stereocenters. The molecule has 10 nitrogen and oxygen atoms in total. The molecule has 2 heterocycles. The second-order valence-electron chi connectivity index (χ2n) is 8.67. The molecule has 0 aliphatic rings. The third-order valence-electron chi connectivity index (χ3n) is 5.60. The molecule has 2 amide bonds. The lowest BCUT2D eigenvalue weighted by molar-refractivity contribution is 0.0600. The summed E-state index contributed by atoms with van der Waals surface area (Å²) >= 11 is 0. The zero-order chi connectivity index (χ0) is 28.9. The quantitative estimate of drug-likeness (QED) is 0.212. The van der Waals surface area contributed by atoms with Gasteiger partial charge in [-0.15, -0.1) is 0 Å². The monoisotopic (exact) mass is 555 g/mol. The first-order chi connectivity index (χ1) is 19.1. The smallest absolute Gasteiger partial charge is 0.337 e. The summed E-state index contributed by atoms with van der Waals surface area (Å²) in [6.07, 6.45) is 2.80. The Bertz CT molecular complexity index is 1800. The molecular weight excluding hydrogens is 530 g/mol. The Hall–Kier alpha value is -5.21. The second kappa shape index (κ2) is 11.7. The summed E-state index contributed by atoms with van der Waals surface area (Å²) in [5.74, 6) is 8.01. The summed E-state index contributed by atoms with van der Waals surface area (Å²) in [7, 11) is -0.352. The van der Waals surface area contributed by atoms with Crippen LogP contribution in [-0.4, -0.2) is 49.7 Å². The number of rotatable bonds is 6.